The van der Waals surface area contributed by atoms with Crippen LogP contribution in [0.15, 0.2) is 51.7 Å². The summed E-state index contributed by atoms with van der Waals surface area (Å²) in [7, 11) is 0. The fraction of sp³-hybridized carbons (Fsp3) is 0.381. The van der Waals surface area contributed by atoms with E-state index in [4.69, 9.17) is 4.52 Å². The average molecular weight is 398 g/mol. The molecule has 1 unspecified atom stereocenters. The Hall–Kier alpha value is -2.51. The van der Waals surface area contributed by atoms with Gasteiger partial charge in [0.1, 0.15) is 0 Å². The number of hydrogen-bond acceptors (Lipinski definition) is 6. The second-order valence-corrected chi connectivity index (χ2v) is 7.88. The molecule has 1 aliphatic rings. The van der Waals surface area contributed by atoms with Crippen LogP contribution in [-0.2, 0) is 11.2 Å². The number of nitrogens with zero attached hydrogens (tertiary/aromatic N) is 3. The topological polar surface area (TPSA) is 79.5 Å². The lowest BCUT2D eigenvalue weighted by molar-refractivity contribution is -0.133. The standard InChI is InChI=1S/C21H23N3O3S/c25-19(7-6-18-22-21(23-27-18)17-10-13-28-14-17)24-11-8-16(9-12-24)20(26)15-4-2-1-3-5-15/h1-5,10,13-14,16,20,26H,6-9,11-12H2. The van der Waals surface area contributed by atoms with Crippen LogP contribution in [0.3, 0.4) is 0 Å². The first-order chi connectivity index (χ1) is 13.7. The molecular weight excluding hydrogens is 374 g/mol. The zero-order valence-corrected chi connectivity index (χ0v) is 16.3. The summed E-state index contributed by atoms with van der Waals surface area (Å²) in [5.74, 6) is 1.35. The molecule has 1 amide bonds. The molecule has 1 aliphatic heterocycles. The summed E-state index contributed by atoms with van der Waals surface area (Å²) in [4.78, 5) is 18.8. The summed E-state index contributed by atoms with van der Waals surface area (Å²) >= 11 is 1.58. The number of aromatic nitrogens is 2. The number of hydrogen-bond donors (Lipinski definition) is 1. The van der Waals surface area contributed by atoms with Crippen LogP contribution >= 0.6 is 11.3 Å². The molecule has 4 rings (SSSR count). The van der Waals surface area contributed by atoms with E-state index < -0.39 is 6.10 Å². The molecule has 1 fully saturated rings. The van der Waals surface area contributed by atoms with Crippen molar-refractivity contribution < 1.29 is 14.4 Å². The number of likely N-dealkylation sites (tertiary alicyclic amines) is 1. The van der Waals surface area contributed by atoms with E-state index in [1.54, 1.807) is 11.3 Å². The van der Waals surface area contributed by atoms with Gasteiger partial charge in [0.05, 0.1) is 6.10 Å². The van der Waals surface area contributed by atoms with E-state index >= 15 is 0 Å². The molecule has 0 spiro atoms. The third kappa shape index (κ3) is 4.31. The highest BCUT2D eigenvalue weighted by Crippen LogP contribution is 2.30. The van der Waals surface area contributed by atoms with Gasteiger partial charge in [-0.1, -0.05) is 35.5 Å². The van der Waals surface area contributed by atoms with Gasteiger partial charge in [-0.15, -0.1) is 0 Å². The van der Waals surface area contributed by atoms with Gasteiger partial charge in [0.2, 0.25) is 17.6 Å². The van der Waals surface area contributed by atoms with Gasteiger partial charge in [-0.3, -0.25) is 4.79 Å². The number of aliphatic hydroxyl groups excluding tert-OH is 1. The predicted molar refractivity (Wildman–Crippen MR) is 107 cm³/mol. The predicted octanol–water partition coefficient (Wildman–Crippen LogP) is 3.70. The smallest absolute Gasteiger partial charge is 0.227 e. The number of aryl methyl sites for hydroxylation is 1. The molecular formula is C21H23N3O3S. The minimum Gasteiger partial charge on any atom is -0.388 e. The molecule has 28 heavy (non-hydrogen) atoms. The molecule has 0 radical (unpaired) electrons. The van der Waals surface area contributed by atoms with E-state index in [-0.39, 0.29) is 11.8 Å². The summed E-state index contributed by atoms with van der Waals surface area (Å²) < 4.78 is 5.26. The number of aliphatic hydroxyl groups is 1. The van der Waals surface area contributed by atoms with Gasteiger partial charge in [0.15, 0.2) is 0 Å². The van der Waals surface area contributed by atoms with Gasteiger partial charge in [0.25, 0.3) is 0 Å². The summed E-state index contributed by atoms with van der Waals surface area (Å²) in [5.41, 5.74) is 1.88. The van der Waals surface area contributed by atoms with Gasteiger partial charge >= 0.3 is 0 Å². The van der Waals surface area contributed by atoms with Crippen molar-refractivity contribution in [2.24, 2.45) is 5.92 Å². The SMILES string of the molecule is O=C(CCc1nc(-c2ccsc2)no1)N1CCC(C(O)c2ccccc2)CC1. The van der Waals surface area contributed by atoms with Gasteiger partial charge in [-0.05, 0) is 35.8 Å². The summed E-state index contributed by atoms with van der Waals surface area (Å²) in [6, 6.07) is 11.7. The number of amides is 1. The van der Waals surface area contributed by atoms with E-state index in [1.807, 2.05) is 52.1 Å². The largest absolute Gasteiger partial charge is 0.388 e. The highest BCUT2D eigenvalue weighted by molar-refractivity contribution is 7.08. The Morgan fingerprint density at radius 3 is 2.75 bits per heavy atom. The first-order valence-corrected chi connectivity index (χ1v) is 10.5. The molecule has 7 heteroatoms. The van der Waals surface area contributed by atoms with Crippen molar-refractivity contribution in [3.05, 3.63) is 58.6 Å². The third-order valence-corrected chi connectivity index (χ3v) is 5.96. The molecule has 2 aromatic heterocycles. The minimum atomic E-state index is -0.465. The van der Waals surface area contributed by atoms with Crippen LogP contribution in [-0.4, -0.2) is 39.1 Å². The molecule has 3 aromatic rings. The van der Waals surface area contributed by atoms with Crippen LogP contribution in [0.2, 0.25) is 0 Å². The fourth-order valence-corrected chi connectivity index (χ4v) is 4.26. The average Bonchev–Trinajstić information content (AvgIpc) is 3.44. The van der Waals surface area contributed by atoms with Crippen LogP contribution in [0.5, 0.6) is 0 Å². The van der Waals surface area contributed by atoms with Gasteiger partial charge in [-0.2, -0.15) is 16.3 Å². The van der Waals surface area contributed by atoms with Gasteiger partial charge < -0.3 is 14.5 Å². The van der Waals surface area contributed by atoms with Gasteiger partial charge in [-0.25, -0.2) is 0 Å². The maximum absolute atomic E-state index is 12.5. The van der Waals surface area contributed by atoms with Crippen LogP contribution < -0.4 is 0 Å². The number of benzene rings is 1. The van der Waals surface area contributed by atoms with Crippen LogP contribution in [0.4, 0.5) is 0 Å². The number of thiophene rings is 1. The summed E-state index contributed by atoms with van der Waals surface area (Å²) in [6.07, 6.45) is 1.96. The Bertz CT molecular complexity index is 887. The molecule has 3 heterocycles. The van der Waals surface area contributed by atoms with Crippen molar-refractivity contribution in [1.82, 2.24) is 15.0 Å². The summed E-state index contributed by atoms with van der Waals surface area (Å²) in [5, 5.41) is 18.5. The highest BCUT2D eigenvalue weighted by atomic mass is 32.1. The second-order valence-electron chi connectivity index (χ2n) is 7.10. The highest BCUT2D eigenvalue weighted by Gasteiger charge is 2.28. The van der Waals surface area contributed by atoms with Crippen molar-refractivity contribution in [2.75, 3.05) is 13.1 Å². The Balaban J connectivity index is 1.25. The Labute approximate surface area is 167 Å². The van der Waals surface area contributed by atoms with Crippen LogP contribution in [0.1, 0.15) is 36.8 Å². The van der Waals surface area contributed by atoms with E-state index in [2.05, 4.69) is 10.1 Å². The maximum atomic E-state index is 12.5. The second kappa shape index (κ2) is 8.67. The molecule has 1 saturated heterocycles. The molecule has 146 valence electrons. The maximum Gasteiger partial charge on any atom is 0.227 e. The van der Waals surface area contributed by atoms with E-state index in [0.29, 0.717) is 37.6 Å². The number of piperidine rings is 1. The van der Waals surface area contributed by atoms with Crippen LogP contribution in [0, 0.1) is 5.92 Å². The first kappa shape index (κ1) is 18.8. The van der Waals surface area contributed by atoms with E-state index in [1.165, 1.54) is 0 Å². The Kier molecular flexibility index (Phi) is 5.83. The zero-order valence-electron chi connectivity index (χ0n) is 15.5. The molecule has 1 atom stereocenters. The Morgan fingerprint density at radius 1 is 1.25 bits per heavy atom. The van der Waals surface area contributed by atoms with Crippen molar-refractivity contribution in [2.45, 2.75) is 31.8 Å². The minimum absolute atomic E-state index is 0.0999. The van der Waals surface area contributed by atoms with Crippen molar-refractivity contribution >= 4 is 17.2 Å². The monoisotopic (exact) mass is 397 g/mol. The lowest BCUT2D eigenvalue weighted by atomic mass is 9.87. The fourth-order valence-electron chi connectivity index (χ4n) is 3.62. The number of carbonyl (C=O) groups excluding carboxylic acids is 1. The Morgan fingerprint density at radius 2 is 2.04 bits per heavy atom. The van der Waals surface area contributed by atoms with Gasteiger partial charge in [0, 0.05) is 36.9 Å². The molecule has 0 bridgehead atoms. The van der Waals surface area contributed by atoms with E-state index in [0.717, 1.165) is 24.0 Å². The number of carbonyl (C=O) groups is 1. The third-order valence-electron chi connectivity index (χ3n) is 5.28. The normalized spacial score (nSPS) is 16.2. The summed E-state index contributed by atoms with van der Waals surface area (Å²) in [6.45, 7) is 1.36. The zero-order chi connectivity index (χ0) is 19.3. The lowest BCUT2D eigenvalue weighted by Crippen LogP contribution is -2.39. The number of rotatable bonds is 6. The van der Waals surface area contributed by atoms with Crippen molar-refractivity contribution in [1.29, 1.82) is 0 Å². The quantitative estimate of drug-likeness (QED) is 0.686. The molecule has 1 aromatic carbocycles. The first-order valence-electron chi connectivity index (χ1n) is 9.56. The van der Waals surface area contributed by atoms with Crippen molar-refractivity contribution in [3.63, 3.8) is 0 Å². The molecule has 1 N–H and O–H groups in total. The van der Waals surface area contributed by atoms with E-state index in [9.17, 15) is 9.90 Å². The molecule has 0 aliphatic carbocycles. The van der Waals surface area contributed by atoms with Crippen molar-refractivity contribution in [3.8, 4) is 11.4 Å². The molecule has 0 saturated carbocycles. The lowest BCUT2D eigenvalue weighted by Gasteiger charge is -2.34. The molecule has 6 nitrogen and oxygen atoms in total. The van der Waals surface area contributed by atoms with Crippen LogP contribution in [0.25, 0.3) is 11.4 Å².